The van der Waals surface area contributed by atoms with E-state index in [4.69, 9.17) is 0 Å². The summed E-state index contributed by atoms with van der Waals surface area (Å²) in [6.07, 6.45) is 5.03. The van der Waals surface area contributed by atoms with Crippen LogP contribution in [0.1, 0.15) is 11.1 Å². The minimum Gasteiger partial charge on any atom is -0.361 e. The molecule has 3 heterocycles. The van der Waals surface area contributed by atoms with E-state index in [1.165, 1.54) is 26.9 Å². The van der Waals surface area contributed by atoms with Crippen molar-refractivity contribution in [2.45, 2.75) is 13.0 Å². The van der Waals surface area contributed by atoms with Crippen LogP contribution in [0.2, 0.25) is 0 Å². The van der Waals surface area contributed by atoms with E-state index in [9.17, 15) is 0 Å². The maximum absolute atomic E-state index is 4.18. The number of fused-ring (bicyclic) bond motifs is 1. The van der Waals surface area contributed by atoms with Gasteiger partial charge in [0.05, 0.1) is 16.8 Å². The van der Waals surface area contributed by atoms with E-state index in [2.05, 4.69) is 68.5 Å². The van der Waals surface area contributed by atoms with E-state index < -0.39 is 0 Å². The molecule has 0 amide bonds. The summed E-state index contributed by atoms with van der Waals surface area (Å²) in [6.45, 7) is 1.77. The molecule has 23 heavy (non-hydrogen) atoms. The van der Waals surface area contributed by atoms with Crippen LogP contribution in [0.5, 0.6) is 0 Å². The summed E-state index contributed by atoms with van der Waals surface area (Å²) in [5, 5.41) is 14.2. The Balaban J connectivity index is 1.37. The van der Waals surface area contributed by atoms with E-state index in [0.717, 1.165) is 25.2 Å². The van der Waals surface area contributed by atoms with Gasteiger partial charge in [-0.2, -0.15) is 5.10 Å². The summed E-state index contributed by atoms with van der Waals surface area (Å²) >= 11 is 1.73. The Kier molecular flexibility index (Phi) is 3.96. The molecule has 4 aromatic rings. The van der Waals surface area contributed by atoms with Crippen LogP contribution in [-0.2, 0) is 13.0 Å². The first-order valence-electron chi connectivity index (χ1n) is 7.73. The molecule has 3 N–H and O–H groups in total. The fourth-order valence-corrected chi connectivity index (χ4v) is 3.62. The molecule has 4 rings (SSSR count). The Bertz CT molecular complexity index is 889. The van der Waals surface area contributed by atoms with Crippen molar-refractivity contribution < 1.29 is 0 Å². The quantitative estimate of drug-likeness (QED) is 0.471. The summed E-state index contributed by atoms with van der Waals surface area (Å²) in [4.78, 5) is 4.56. The summed E-state index contributed by atoms with van der Waals surface area (Å²) in [6, 6.07) is 12.6. The van der Waals surface area contributed by atoms with Gasteiger partial charge < -0.3 is 10.3 Å². The second-order valence-corrected chi connectivity index (χ2v) is 6.48. The second-order valence-electron chi connectivity index (χ2n) is 5.53. The van der Waals surface area contributed by atoms with Crippen LogP contribution in [0.15, 0.2) is 54.2 Å². The highest BCUT2D eigenvalue weighted by Crippen LogP contribution is 2.25. The van der Waals surface area contributed by atoms with Crippen LogP contribution in [0.3, 0.4) is 0 Å². The van der Waals surface area contributed by atoms with Gasteiger partial charge in [0.1, 0.15) is 0 Å². The highest BCUT2D eigenvalue weighted by Gasteiger charge is 2.08. The Labute approximate surface area is 138 Å². The fourth-order valence-electron chi connectivity index (χ4n) is 2.86. The molecule has 0 fully saturated rings. The van der Waals surface area contributed by atoms with Crippen molar-refractivity contribution in [1.82, 2.24) is 20.5 Å². The molecule has 0 aliphatic heterocycles. The summed E-state index contributed by atoms with van der Waals surface area (Å²) in [7, 11) is 0. The Morgan fingerprint density at radius 2 is 2.04 bits per heavy atom. The number of H-pyrrole nitrogens is 2. The largest absolute Gasteiger partial charge is 0.361 e. The third-order valence-electron chi connectivity index (χ3n) is 4.05. The van der Waals surface area contributed by atoms with Gasteiger partial charge in [-0.25, -0.2) is 0 Å². The Hall–Kier alpha value is -2.37. The van der Waals surface area contributed by atoms with Crippen LogP contribution in [0, 0.1) is 0 Å². The monoisotopic (exact) mass is 322 g/mol. The number of nitrogens with zero attached hydrogens (tertiary/aromatic N) is 1. The average molecular weight is 322 g/mol. The predicted molar refractivity (Wildman–Crippen MR) is 95.6 cm³/mol. The molecule has 4 nitrogen and oxygen atoms in total. The first kappa shape index (κ1) is 14.2. The van der Waals surface area contributed by atoms with Crippen molar-refractivity contribution >= 4 is 22.2 Å². The third-order valence-corrected chi connectivity index (χ3v) is 4.93. The number of nitrogens with one attached hydrogen (secondary N) is 3. The Morgan fingerprint density at radius 1 is 1.09 bits per heavy atom. The maximum Gasteiger partial charge on any atom is 0.0794 e. The van der Waals surface area contributed by atoms with Gasteiger partial charge in [-0.15, -0.1) is 11.3 Å². The zero-order valence-corrected chi connectivity index (χ0v) is 13.5. The van der Waals surface area contributed by atoms with Crippen molar-refractivity contribution in [3.8, 4) is 10.6 Å². The van der Waals surface area contributed by atoms with Crippen LogP contribution < -0.4 is 5.32 Å². The number of hydrogen-bond donors (Lipinski definition) is 3. The average Bonchev–Trinajstić information content (AvgIpc) is 3.31. The first-order valence-corrected chi connectivity index (χ1v) is 8.61. The van der Waals surface area contributed by atoms with Gasteiger partial charge in [-0.3, -0.25) is 5.10 Å². The zero-order chi connectivity index (χ0) is 15.5. The van der Waals surface area contributed by atoms with Gasteiger partial charge in [0.25, 0.3) is 0 Å². The fraction of sp³-hybridized carbons (Fsp3) is 0.167. The van der Waals surface area contributed by atoms with Crippen LogP contribution >= 0.6 is 11.3 Å². The molecule has 116 valence electrons. The third kappa shape index (κ3) is 2.93. The lowest BCUT2D eigenvalue weighted by molar-refractivity contribution is 0.689. The van der Waals surface area contributed by atoms with E-state index >= 15 is 0 Å². The van der Waals surface area contributed by atoms with Crippen molar-refractivity contribution in [2.75, 3.05) is 6.54 Å². The number of para-hydroxylation sites is 1. The minimum absolute atomic E-state index is 0.825. The van der Waals surface area contributed by atoms with E-state index in [1.54, 1.807) is 11.3 Å². The van der Waals surface area contributed by atoms with Gasteiger partial charge in [-0.05, 0) is 36.0 Å². The van der Waals surface area contributed by atoms with Gasteiger partial charge in [-0.1, -0.05) is 24.3 Å². The molecule has 0 aliphatic rings. The number of aromatic nitrogens is 3. The minimum atomic E-state index is 0.825. The Morgan fingerprint density at radius 3 is 2.96 bits per heavy atom. The molecule has 0 aliphatic carbocycles. The van der Waals surface area contributed by atoms with Crippen LogP contribution in [0.25, 0.3) is 21.5 Å². The topological polar surface area (TPSA) is 56.5 Å². The van der Waals surface area contributed by atoms with E-state index in [0.29, 0.717) is 0 Å². The lowest BCUT2D eigenvalue weighted by atomic mass is 10.1. The van der Waals surface area contributed by atoms with Gasteiger partial charge >= 0.3 is 0 Å². The van der Waals surface area contributed by atoms with E-state index in [-0.39, 0.29) is 0 Å². The molecule has 0 radical (unpaired) electrons. The van der Waals surface area contributed by atoms with Crippen molar-refractivity contribution in [3.05, 3.63) is 65.3 Å². The lowest BCUT2D eigenvalue weighted by Gasteiger charge is -2.04. The molecule has 0 saturated carbocycles. The maximum atomic E-state index is 4.18. The summed E-state index contributed by atoms with van der Waals surface area (Å²) < 4.78 is 0. The molecule has 0 atom stereocenters. The van der Waals surface area contributed by atoms with Crippen LogP contribution in [0.4, 0.5) is 0 Å². The number of rotatable bonds is 6. The normalized spacial score (nSPS) is 11.3. The number of aromatic amines is 2. The number of hydrogen-bond acceptors (Lipinski definition) is 3. The molecular formula is C18H18N4S. The van der Waals surface area contributed by atoms with Crippen molar-refractivity contribution in [1.29, 1.82) is 0 Å². The van der Waals surface area contributed by atoms with Gasteiger partial charge in [0.15, 0.2) is 0 Å². The molecule has 5 heteroatoms. The number of thiophene rings is 1. The van der Waals surface area contributed by atoms with Crippen molar-refractivity contribution in [3.63, 3.8) is 0 Å². The molecule has 3 aromatic heterocycles. The molecule has 0 spiro atoms. The SMILES string of the molecule is c1csc(-c2[nH]ncc2CNCCc2c[nH]c3ccccc23)c1. The molecule has 0 saturated heterocycles. The molecule has 0 unspecified atom stereocenters. The number of benzene rings is 1. The molecule has 1 aromatic carbocycles. The lowest BCUT2D eigenvalue weighted by Crippen LogP contribution is -2.16. The van der Waals surface area contributed by atoms with Crippen molar-refractivity contribution in [2.24, 2.45) is 0 Å². The smallest absolute Gasteiger partial charge is 0.0794 e. The standard InChI is InChI=1S/C18H18N4S/c1-2-5-16-15(4-1)13(11-20-16)7-8-19-10-14-12-21-22-18(14)17-6-3-9-23-17/h1-6,9,11-12,19-20H,7-8,10H2,(H,21,22). The predicted octanol–water partition coefficient (Wildman–Crippen LogP) is 3.95. The molecule has 0 bridgehead atoms. The van der Waals surface area contributed by atoms with Gasteiger partial charge in [0.2, 0.25) is 0 Å². The van der Waals surface area contributed by atoms with Gasteiger partial charge in [0, 0.05) is 29.2 Å². The second kappa shape index (κ2) is 6.40. The first-order chi connectivity index (χ1) is 11.4. The zero-order valence-electron chi connectivity index (χ0n) is 12.7. The van der Waals surface area contributed by atoms with E-state index in [1.807, 2.05) is 6.20 Å². The summed E-state index contributed by atoms with van der Waals surface area (Å²) in [5.41, 5.74) is 4.90. The highest BCUT2D eigenvalue weighted by atomic mass is 32.1. The summed E-state index contributed by atoms with van der Waals surface area (Å²) in [5.74, 6) is 0. The van der Waals surface area contributed by atoms with Crippen LogP contribution in [-0.4, -0.2) is 21.7 Å². The highest BCUT2D eigenvalue weighted by molar-refractivity contribution is 7.13. The molecular weight excluding hydrogens is 304 g/mol.